The largest absolute Gasteiger partial charge is 0.358 e. The Labute approximate surface area is 101 Å². The van der Waals surface area contributed by atoms with E-state index in [0.29, 0.717) is 0 Å². The summed E-state index contributed by atoms with van der Waals surface area (Å²) in [6.45, 7) is 8.80. The van der Waals surface area contributed by atoms with E-state index in [1.165, 1.54) is 44.1 Å². The van der Waals surface area contributed by atoms with E-state index in [0.717, 1.165) is 0 Å². The van der Waals surface area contributed by atoms with Crippen LogP contribution in [0.25, 0.3) is 21.7 Å². The van der Waals surface area contributed by atoms with E-state index in [1.54, 1.807) is 0 Å². The van der Waals surface area contributed by atoms with E-state index in [9.17, 15) is 0 Å². The van der Waals surface area contributed by atoms with Crippen LogP contribution in [-0.2, 0) is 0 Å². The number of H-pyrrole nitrogens is 1. The van der Waals surface area contributed by atoms with Gasteiger partial charge in [0.1, 0.15) is 0 Å². The van der Waals surface area contributed by atoms with Crippen molar-refractivity contribution in [1.29, 1.82) is 0 Å². The lowest BCUT2D eigenvalue weighted by atomic mass is 9.95. The lowest BCUT2D eigenvalue weighted by Crippen LogP contribution is -1.87. The Hall–Kier alpha value is -1.76. The van der Waals surface area contributed by atoms with Gasteiger partial charge in [0, 0.05) is 16.5 Å². The number of hydrogen-bond donors (Lipinski definition) is 1. The third-order valence-electron chi connectivity index (χ3n) is 4.04. The Morgan fingerprint density at radius 1 is 0.765 bits per heavy atom. The lowest BCUT2D eigenvalue weighted by molar-refractivity contribution is 1.26. The van der Waals surface area contributed by atoms with E-state index >= 15 is 0 Å². The van der Waals surface area contributed by atoms with Gasteiger partial charge in [-0.1, -0.05) is 24.3 Å². The quantitative estimate of drug-likeness (QED) is 0.575. The maximum Gasteiger partial charge on any atom is 0.0541 e. The highest BCUT2D eigenvalue weighted by molar-refractivity contribution is 6.10. The number of fused-ring (bicyclic) bond motifs is 3. The highest BCUT2D eigenvalue weighted by atomic mass is 14.7. The zero-order chi connectivity index (χ0) is 12.2. The first-order chi connectivity index (χ1) is 8.11. The second kappa shape index (κ2) is 3.36. The third kappa shape index (κ3) is 1.25. The molecule has 0 aliphatic rings. The van der Waals surface area contributed by atoms with E-state index < -0.39 is 0 Å². The third-order valence-corrected chi connectivity index (χ3v) is 4.04. The average molecular weight is 223 g/mol. The number of hydrogen-bond acceptors (Lipinski definition) is 0. The summed E-state index contributed by atoms with van der Waals surface area (Å²) in [5.74, 6) is 0. The molecule has 3 aromatic rings. The monoisotopic (exact) mass is 223 g/mol. The zero-order valence-corrected chi connectivity index (χ0v) is 10.8. The lowest BCUT2D eigenvalue weighted by Gasteiger charge is -2.09. The van der Waals surface area contributed by atoms with Gasteiger partial charge in [-0.05, 0) is 49.8 Å². The molecule has 1 N–H and O–H groups in total. The van der Waals surface area contributed by atoms with E-state index in [4.69, 9.17) is 0 Å². The second-order valence-electron chi connectivity index (χ2n) is 4.92. The number of rotatable bonds is 0. The van der Waals surface area contributed by atoms with Gasteiger partial charge >= 0.3 is 0 Å². The summed E-state index contributed by atoms with van der Waals surface area (Å²) in [6, 6.07) is 8.65. The maximum atomic E-state index is 3.54. The Morgan fingerprint density at radius 3 is 2.12 bits per heavy atom. The summed E-state index contributed by atoms with van der Waals surface area (Å²) in [6.07, 6.45) is 0. The molecular formula is C16H17N. The first-order valence-corrected chi connectivity index (χ1v) is 6.08. The first kappa shape index (κ1) is 10.4. The van der Waals surface area contributed by atoms with Crippen LogP contribution < -0.4 is 0 Å². The normalized spacial score (nSPS) is 11.5. The summed E-state index contributed by atoms with van der Waals surface area (Å²) in [7, 11) is 0. The van der Waals surface area contributed by atoms with Crippen LogP contribution >= 0.6 is 0 Å². The molecule has 1 nitrogen and oxygen atoms in total. The molecule has 1 aromatic heterocycles. The molecule has 0 bridgehead atoms. The molecule has 3 rings (SSSR count). The minimum absolute atomic E-state index is 1.28. The fourth-order valence-corrected chi connectivity index (χ4v) is 2.81. The van der Waals surface area contributed by atoms with Crippen molar-refractivity contribution in [3.05, 3.63) is 46.6 Å². The molecule has 86 valence electrons. The first-order valence-electron chi connectivity index (χ1n) is 6.08. The molecule has 17 heavy (non-hydrogen) atoms. The zero-order valence-electron chi connectivity index (χ0n) is 10.8. The molecule has 0 saturated carbocycles. The number of benzene rings is 2. The van der Waals surface area contributed by atoms with Crippen LogP contribution in [0.4, 0.5) is 0 Å². The summed E-state index contributed by atoms with van der Waals surface area (Å²) < 4.78 is 0. The number of aromatic nitrogens is 1. The molecule has 0 fully saturated rings. The van der Waals surface area contributed by atoms with Gasteiger partial charge in [0.25, 0.3) is 0 Å². The van der Waals surface area contributed by atoms with Crippen molar-refractivity contribution in [2.45, 2.75) is 27.7 Å². The van der Waals surface area contributed by atoms with Crippen LogP contribution in [-0.4, -0.2) is 4.98 Å². The molecule has 2 aromatic carbocycles. The molecule has 0 atom stereocenters. The topological polar surface area (TPSA) is 15.8 Å². The van der Waals surface area contributed by atoms with Crippen LogP contribution in [0, 0.1) is 27.7 Å². The van der Waals surface area contributed by atoms with Gasteiger partial charge in [-0.25, -0.2) is 0 Å². The smallest absolute Gasteiger partial charge is 0.0541 e. The molecule has 0 saturated heterocycles. The van der Waals surface area contributed by atoms with Gasteiger partial charge in [-0.3, -0.25) is 0 Å². The summed E-state index contributed by atoms with van der Waals surface area (Å²) >= 11 is 0. The Balaban J connectivity index is 2.70. The van der Waals surface area contributed by atoms with E-state index in [1.807, 2.05) is 0 Å². The summed E-state index contributed by atoms with van der Waals surface area (Å²) in [4.78, 5) is 3.54. The molecule has 0 amide bonds. The van der Waals surface area contributed by atoms with E-state index in [-0.39, 0.29) is 0 Å². The summed E-state index contributed by atoms with van der Waals surface area (Å²) in [5, 5.41) is 4.10. The fraction of sp³-hybridized carbons (Fsp3) is 0.250. The average Bonchev–Trinajstić information content (AvgIpc) is 2.63. The van der Waals surface area contributed by atoms with Crippen LogP contribution in [0.5, 0.6) is 0 Å². The van der Waals surface area contributed by atoms with Crippen LogP contribution in [0.2, 0.25) is 0 Å². The standard InChI is InChI=1S/C16H17N/c1-9-10(2)15-11(3)12(4)17-16(15)14-8-6-5-7-13(9)14/h5-8,17H,1-4H3. The van der Waals surface area contributed by atoms with Crippen LogP contribution in [0.1, 0.15) is 22.4 Å². The van der Waals surface area contributed by atoms with Gasteiger partial charge in [0.15, 0.2) is 0 Å². The molecule has 0 spiro atoms. The van der Waals surface area contributed by atoms with Crippen LogP contribution in [0.15, 0.2) is 24.3 Å². The number of nitrogens with one attached hydrogen (secondary N) is 1. The van der Waals surface area contributed by atoms with Crippen molar-refractivity contribution >= 4 is 21.7 Å². The number of aryl methyl sites for hydroxylation is 4. The molecular weight excluding hydrogens is 206 g/mol. The predicted molar refractivity (Wildman–Crippen MR) is 74.8 cm³/mol. The van der Waals surface area contributed by atoms with Crippen molar-refractivity contribution in [3.8, 4) is 0 Å². The Morgan fingerprint density at radius 2 is 1.41 bits per heavy atom. The van der Waals surface area contributed by atoms with Crippen molar-refractivity contribution < 1.29 is 0 Å². The van der Waals surface area contributed by atoms with Crippen molar-refractivity contribution in [2.24, 2.45) is 0 Å². The Kier molecular flexibility index (Phi) is 2.06. The highest BCUT2D eigenvalue weighted by Crippen LogP contribution is 2.34. The fourth-order valence-electron chi connectivity index (χ4n) is 2.81. The van der Waals surface area contributed by atoms with Crippen LogP contribution in [0.3, 0.4) is 0 Å². The summed E-state index contributed by atoms with van der Waals surface area (Å²) in [5.41, 5.74) is 6.75. The maximum absolute atomic E-state index is 3.54. The minimum Gasteiger partial charge on any atom is -0.358 e. The highest BCUT2D eigenvalue weighted by Gasteiger charge is 2.13. The molecule has 0 radical (unpaired) electrons. The second-order valence-corrected chi connectivity index (χ2v) is 4.92. The number of aromatic amines is 1. The van der Waals surface area contributed by atoms with Crippen molar-refractivity contribution in [2.75, 3.05) is 0 Å². The molecule has 0 aliphatic carbocycles. The van der Waals surface area contributed by atoms with Gasteiger partial charge in [0.2, 0.25) is 0 Å². The predicted octanol–water partition coefficient (Wildman–Crippen LogP) is 4.55. The van der Waals surface area contributed by atoms with Gasteiger partial charge < -0.3 is 4.98 Å². The van der Waals surface area contributed by atoms with Gasteiger partial charge in [-0.2, -0.15) is 0 Å². The minimum atomic E-state index is 1.28. The molecule has 1 heterocycles. The molecule has 0 aliphatic heterocycles. The van der Waals surface area contributed by atoms with Crippen molar-refractivity contribution in [1.82, 2.24) is 4.98 Å². The molecule has 0 unspecified atom stereocenters. The SMILES string of the molecule is Cc1[nH]c2c(c1C)c(C)c(C)c1ccccc12. The molecule has 1 heteroatoms. The van der Waals surface area contributed by atoms with E-state index in [2.05, 4.69) is 56.9 Å². The van der Waals surface area contributed by atoms with Gasteiger partial charge in [-0.15, -0.1) is 0 Å². The van der Waals surface area contributed by atoms with Gasteiger partial charge in [0.05, 0.1) is 5.52 Å². The van der Waals surface area contributed by atoms with Crippen molar-refractivity contribution in [3.63, 3.8) is 0 Å². The Bertz CT molecular complexity index is 732.